The van der Waals surface area contributed by atoms with E-state index in [2.05, 4.69) is 17.4 Å². The zero-order valence-electron chi connectivity index (χ0n) is 17.1. The summed E-state index contributed by atoms with van der Waals surface area (Å²) >= 11 is 0. The SMILES string of the molecule is CCOc1cc(CNC2C3CC4CC(C3)CC2C4)ccc1OC.O=C(O)C(=O)O. The normalized spacial score (nSPS) is 29.0. The van der Waals surface area contributed by atoms with Gasteiger partial charge >= 0.3 is 11.9 Å². The topological polar surface area (TPSA) is 105 Å². The van der Waals surface area contributed by atoms with Gasteiger partial charge in [0, 0.05) is 12.6 Å². The Morgan fingerprint density at radius 2 is 1.59 bits per heavy atom. The molecule has 4 fully saturated rings. The van der Waals surface area contributed by atoms with Crippen molar-refractivity contribution in [2.75, 3.05) is 13.7 Å². The largest absolute Gasteiger partial charge is 0.493 e. The summed E-state index contributed by atoms with van der Waals surface area (Å²) < 4.78 is 11.1. The summed E-state index contributed by atoms with van der Waals surface area (Å²) in [6.07, 6.45) is 7.40. The second-order valence-electron chi connectivity index (χ2n) is 8.37. The molecule has 1 aromatic carbocycles. The minimum atomic E-state index is -1.82. The standard InChI is InChI=1S/C20H29NO2.C2H2O4/c1-3-23-19-11-13(4-5-18(19)22-2)12-21-20-16-7-14-6-15(9-16)10-17(20)8-14;3-1(4)2(5)6/h4-5,11,14-17,20-21H,3,6-10,12H2,1-2H3;(H,3,4)(H,5,6). The van der Waals surface area contributed by atoms with Gasteiger partial charge in [-0.25, -0.2) is 9.59 Å². The number of nitrogens with one attached hydrogen (secondary N) is 1. The van der Waals surface area contributed by atoms with Gasteiger partial charge in [0.2, 0.25) is 0 Å². The number of rotatable bonds is 6. The molecule has 4 aliphatic carbocycles. The molecular weight excluding hydrogens is 374 g/mol. The van der Waals surface area contributed by atoms with Crippen molar-refractivity contribution in [3.63, 3.8) is 0 Å². The molecule has 3 N–H and O–H groups in total. The summed E-state index contributed by atoms with van der Waals surface area (Å²) in [7, 11) is 1.70. The maximum atomic E-state index is 9.10. The summed E-state index contributed by atoms with van der Waals surface area (Å²) in [5, 5.41) is 18.7. The Kier molecular flexibility index (Phi) is 7.00. The zero-order valence-corrected chi connectivity index (χ0v) is 17.1. The van der Waals surface area contributed by atoms with Crippen molar-refractivity contribution in [2.24, 2.45) is 23.7 Å². The summed E-state index contributed by atoms with van der Waals surface area (Å²) in [5.74, 6) is 1.98. The Bertz CT molecular complexity index is 694. The van der Waals surface area contributed by atoms with Crippen LogP contribution in [0.4, 0.5) is 0 Å². The quantitative estimate of drug-likeness (QED) is 0.624. The molecule has 7 nitrogen and oxygen atoms in total. The lowest BCUT2D eigenvalue weighted by Gasteiger charge is -2.54. The molecule has 0 spiro atoms. The Hall–Kier alpha value is -2.28. The highest BCUT2D eigenvalue weighted by molar-refractivity contribution is 6.27. The number of carboxylic acid groups (broad SMARTS) is 2. The van der Waals surface area contributed by atoms with Gasteiger partial charge in [-0.2, -0.15) is 0 Å². The molecule has 0 aromatic heterocycles. The Morgan fingerprint density at radius 1 is 1.00 bits per heavy atom. The van der Waals surface area contributed by atoms with Crippen molar-refractivity contribution in [2.45, 2.75) is 51.6 Å². The van der Waals surface area contributed by atoms with Crippen LogP contribution in [0.2, 0.25) is 0 Å². The van der Waals surface area contributed by atoms with Crippen LogP contribution in [-0.4, -0.2) is 41.9 Å². The third-order valence-electron chi connectivity index (χ3n) is 6.48. The second kappa shape index (κ2) is 9.48. The molecule has 0 unspecified atom stereocenters. The lowest BCUT2D eigenvalue weighted by atomic mass is 9.54. The van der Waals surface area contributed by atoms with E-state index in [0.29, 0.717) is 6.61 Å². The van der Waals surface area contributed by atoms with E-state index >= 15 is 0 Å². The second-order valence-corrected chi connectivity index (χ2v) is 8.37. The number of methoxy groups -OCH3 is 1. The summed E-state index contributed by atoms with van der Waals surface area (Å²) in [5.41, 5.74) is 1.29. The van der Waals surface area contributed by atoms with Gasteiger partial charge in [0.25, 0.3) is 0 Å². The van der Waals surface area contributed by atoms with Crippen LogP contribution in [0.5, 0.6) is 11.5 Å². The molecule has 4 saturated carbocycles. The number of carboxylic acids is 2. The number of carbonyl (C=O) groups is 2. The van der Waals surface area contributed by atoms with Crippen molar-refractivity contribution in [1.82, 2.24) is 5.32 Å². The van der Waals surface area contributed by atoms with Crippen LogP contribution in [0.1, 0.15) is 44.6 Å². The van der Waals surface area contributed by atoms with Crippen molar-refractivity contribution >= 4 is 11.9 Å². The average molecular weight is 405 g/mol. The molecular formula is C22H31NO6. The summed E-state index contributed by atoms with van der Waals surface area (Å²) in [6.45, 7) is 3.62. The van der Waals surface area contributed by atoms with Gasteiger partial charge in [-0.3, -0.25) is 0 Å². The Balaban J connectivity index is 0.000000353. The van der Waals surface area contributed by atoms with Crippen LogP contribution in [-0.2, 0) is 16.1 Å². The molecule has 1 aromatic rings. The Labute approximate surface area is 171 Å². The van der Waals surface area contributed by atoms with Crippen molar-refractivity contribution in [3.05, 3.63) is 23.8 Å². The molecule has 4 aliphatic rings. The molecule has 29 heavy (non-hydrogen) atoms. The first-order valence-electron chi connectivity index (χ1n) is 10.4. The van der Waals surface area contributed by atoms with Gasteiger partial charge < -0.3 is 25.0 Å². The number of aliphatic carboxylic acids is 2. The van der Waals surface area contributed by atoms with Gasteiger partial charge in [-0.1, -0.05) is 6.07 Å². The van der Waals surface area contributed by atoms with Crippen molar-refractivity contribution < 1.29 is 29.3 Å². The lowest BCUT2D eigenvalue weighted by molar-refractivity contribution is -0.159. The molecule has 0 heterocycles. The summed E-state index contributed by atoms with van der Waals surface area (Å²) in [4.78, 5) is 18.2. The van der Waals surface area contributed by atoms with Crippen molar-refractivity contribution in [3.8, 4) is 11.5 Å². The van der Waals surface area contributed by atoms with E-state index in [1.165, 1.54) is 37.7 Å². The molecule has 160 valence electrons. The lowest BCUT2D eigenvalue weighted by Crippen LogP contribution is -2.54. The van der Waals surface area contributed by atoms with Crippen LogP contribution in [0, 0.1) is 23.7 Å². The molecule has 0 amide bonds. The highest BCUT2D eigenvalue weighted by Gasteiger charge is 2.47. The first-order valence-corrected chi connectivity index (χ1v) is 10.4. The van der Waals surface area contributed by atoms with Gasteiger partial charge in [0.05, 0.1) is 13.7 Å². The number of benzene rings is 1. The molecule has 5 rings (SSSR count). The van der Waals surface area contributed by atoms with Gasteiger partial charge in [-0.05, 0) is 80.4 Å². The maximum Gasteiger partial charge on any atom is 0.414 e. The predicted molar refractivity (Wildman–Crippen MR) is 107 cm³/mol. The molecule has 0 saturated heterocycles. The molecule has 7 heteroatoms. The number of ether oxygens (including phenoxy) is 2. The number of hydrogen-bond donors (Lipinski definition) is 3. The highest BCUT2D eigenvalue weighted by atomic mass is 16.5. The smallest absolute Gasteiger partial charge is 0.414 e. The molecule has 0 aliphatic heterocycles. The van der Waals surface area contributed by atoms with Gasteiger partial charge in [0.1, 0.15) is 0 Å². The van der Waals surface area contributed by atoms with E-state index in [1.807, 2.05) is 13.0 Å². The van der Waals surface area contributed by atoms with E-state index in [1.54, 1.807) is 7.11 Å². The minimum Gasteiger partial charge on any atom is -0.493 e. The van der Waals surface area contributed by atoms with Crippen LogP contribution < -0.4 is 14.8 Å². The maximum absolute atomic E-state index is 9.10. The van der Waals surface area contributed by atoms with Crippen molar-refractivity contribution in [1.29, 1.82) is 0 Å². The minimum absolute atomic E-state index is 0.669. The van der Waals surface area contributed by atoms with Crippen LogP contribution >= 0.6 is 0 Å². The molecule has 4 bridgehead atoms. The highest BCUT2D eigenvalue weighted by Crippen LogP contribution is 2.53. The molecule has 0 atom stereocenters. The summed E-state index contributed by atoms with van der Waals surface area (Å²) in [6, 6.07) is 7.05. The zero-order chi connectivity index (χ0) is 21.0. The van der Waals surface area contributed by atoms with Crippen LogP contribution in [0.25, 0.3) is 0 Å². The van der Waals surface area contributed by atoms with E-state index < -0.39 is 11.9 Å². The monoisotopic (exact) mass is 405 g/mol. The first-order chi connectivity index (χ1) is 13.9. The van der Waals surface area contributed by atoms with E-state index in [9.17, 15) is 0 Å². The predicted octanol–water partition coefficient (Wildman–Crippen LogP) is 3.16. The van der Waals surface area contributed by atoms with Crippen LogP contribution in [0.15, 0.2) is 18.2 Å². The fraction of sp³-hybridized carbons (Fsp3) is 0.636. The van der Waals surface area contributed by atoms with Gasteiger partial charge in [-0.15, -0.1) is 0 Å². The first kappa shape index (κ1) is 21.4. The van der Waals surface area contributed by atoms with Gasteiger partial charge in [0.15, 0.2) is 11.5 Å². The fourth-order valence-electron chi connectivity index (χ4n) is 5.59. The fourth-order valence-corrected chi connectivity index (χ4v) is 5.59. The van der Waals surface area contributed by atoms with E-state index in [4.69, 9.17) is 29.3 Å². The van der Waals surface area contributed by atoms with E-state index in [-0.39, 0.29) is 0 Å². The number of hydrogen-bond acceptors (Lipinski definition) is 5. The van der Waals surface area contributed by atoms with Crippen LogP contribution in [0.3, 0.4) is 0 Å². The molecule has 0 radical (unpaired) electrons. The van der Waals surface area contributed by atoms with E-state index in [0.717, 1.165) is 47.8 Å². The average Bonchev–Trinajstić information content (AvgIpc) is 2.68. The third kappa shape index (κ3) is 5.21. The Morgan fingerprint density at radius 3 is 2.07 bits per heavy atom. The third-order valence-corrected chi connectivity index (χ3v) is 6.48.